The van der Waals surface area contributed by atoms with E-state index in [1.165, 1.54) is 0 Å². The highest BCUT2D eigenvalue weighted by molar-refractivity contribution is 6.00. The van der Waals surface area contributed by atoms with E-state index in [-0.39, 0.29) is 5.41 Å². The summed E-state index contributed by atoms with van der Waals surface area (Å²) < 4.78 is 8.31. The van der Waals surface area contributed by atoms with E-state index in [0.29, 0.717) is 31.0 Å². The Kier molecular flexibility index (Phi) is 6.54. The lowest BCUT2D eigenvalue weighted by molar-refractivity contribution is 0.137. The molecule has 9 heteroatoms. The van der Waals surface area contributed by atoms with E-state index in [9.17, 15) is 9.90 Å². The Labute approximate surface area is 239 Å². The molecule has 2 aromatic heterocycles. The number of amides is 1. The first kappa shape index (κ1) is 25.8. The van der Waals surface area contributed by atoms with Gasteiger partial charge in [0.15, 0.2) is 0 Å². The molecule has 9 nitrogen and oxygen atoms in total. The monoisotopic (exact) mass is 552 g/mol. The number of nitrogen functional groups attached to an aromatic ring is 1. The van der Waals surface area contributed by atoms with Crippen LogP contribution in [0.1, 0.15) is 44.6 Å². The molecular formula is C32H36N6O3. The molecule has 2 aromatic carbocycles. The van der Waals surface area contributed by atoms with Crippen LogP contribution >= 0.6 is 0 Å². The lowest BCUT2D eigenvalue weighted by Gasteiger charge is -2.36. The summed E-state index contributed by atoms with van der Waals surface area (Å²) in [5.41, 5.74) is 9.56. The molecule has 0 bridgehead atoms. The quantitative estimate of drug-likeness (QED) is 0.311. The minimum Gasteiger partial charge on any atom is -0.465 e. The van der Waals surface area contributed by atoms with Gasteiger partial charge in [0.1, 0.15) is 29.3 Å². The molecule has 1 spiro atoms. The zero-order chi connectivity index (χ0) is 28.0. The third-order valence-electron chi connectivity index (χ3n) is 9.54. The smallest absolute Gasteiger partial charge is 0.407 e. The van der Waals surface area contributed by atoms with E-state index in [1.54, 1.807) is 11.2 Å². The molecule has 3 N–H and O–H groups in total. The van der Waals surface area contributed by atoms with Gasteiger partial charge in [0.2, 0.25) is 0 Å². The first-order valence-electron chi connectivity index (χ1n) is 14.6. The van der Waals surface area contributed by atoms with E-state index in [0.717, 1.165) is 85.3 Å². The number of carbonyl (C=O) groups is 1. The highest BCUT2D eigenvalue weighted by Gasteiger charge is 2.46. The molecule has 3 fully saturated rings. The lowest BCUT2D eigenvalue weighted by Crippen LogP contribution is -2.39. The van der Waals surface area contributed by atoms with E-state index in [4.69, 9.17) is 10.5 Å². The molecule has 41 heavy (non-hydrogen) atoms. The molecule has 1 atom stereocenters. The molecule has 3 aliphatic rings. The maximum atomic E-state index is 11.5. The Hall–Kier alpha value is -4.11. The predicted molar refractivity (Wildman–Crippen MR) is 158 cm³/mol. The normalized spacial score (nSPS) is 24.8. The van der Waals surface area contributed by atoms with Gasteiger partial charge in [-0.1, -0.05) is 30.3 Å². The number of likely N-dealkylation sites (tertiary alicyclic amines) is 2. The van der Waals surface area contributed by atoms with Crippen LogP contribution in [-0.2, 0) is 0 Å². The minimum absolute atomic E-state index is 0.150. The zero-order valence-corrected chi connectivity index (χ0v) is 23.2. The first-order chi connectivity index (χ1) is 20.0. The van der Waals surface area contributed by atoms with Crippen LogP contribution in [-0.4, -0.2) is 67.8 Å². The van der Waals surface area contributed by atoms with Crippen molar-refractivity contribution in [2.24, 2.45) is 5.41 Å². The fourth-order valence-corrected chi connectivity index (χ4v) is 7.35. The molecule has 2 saturated heterocycles. The molecular weight excluding hydrogens is 516 g/mol. The van der Waals surface area contributed by atoms with Crippen molar-refractivity contribution >= 4 is 22.9 Å². The van der Waals surface area contributed by atoms with Gasteiger partial charge >= 0.3 is 6.09 Å². The minimum atomic E-state index is -0.778. The first-order valence-corrected chi connectivity index (χ1v) is 14.6. The summed E-state index contributed by atoms with van der Waals surface area (Å²) in [5.74, 6) is 2.08. The Morgan fingerprint density at radius 3 is 2.34 bits per heavy atom. The number of nitrogens with two attached hydrogens (primary N) is 1. The molecule has 0 radical (unpaired) electrons. The summed E-state index contributed by atoms with van der Waals surface area (Å²) in [4.78, 5) is 24.7. The molecule has 1 saturated carbocycles. The fourth-order valence-electron chi connectivity index (χ4n) is 7.35. The maximum Gasteiger partial charge on any atom is 0.407 e. The fraction of sp³-hybridized carbons (Fsp3) is 0.406. The second kappa shape index (κ2) is 10.4. The van der Waals surface area contributed by atoms with Gasteiger partial charge in [0.05, 0.1) is 5.39 Å². The number of hydrogen-bond donors (Lipinski definition) is 2. The lowest BCUT2D eigenvalue weighted by atomic mass is 9.86. The molecule has 1 aliphatic carbocycles. The number of fused-ring (bicyclic) bond motifs is 1. The van der Waals surface area contributed by atoms with Crippen molar-refractivity contribution in [3.63, 3.8) is 0 Å². The van der Waals surface area contributed by atoms with E-state index in [1.807, 2.05) is 42.5 Å². The Morgan fingerprint density at radius 2 is 1.61 bits per heavy atom. The van der Waals surface area contributed by atoms with E-state index >= 15 is 0 Å². The predicted octanol–water partition coefficient (Wildman–Crippen LogP) is 6.03. The average molecular weight is 553 g/mol. The van der Waals surface area contributed by atoms with Gasteiger partial charge in [-0.2, -0.15) is 0 Å². The number of nitrogens with zero attached hydrogens (tertiary/aromatic N) is 5. The maximum absolute atomic E-state index is 11.5. The molecule has 2 aliphatic heterocycles. The van der Waals surface area contributed by atoms with Crippen LogP contribution in [0.2, 0.25) is 0 Å². The standard InChI is InChI=1S/C32H36N6O3/c33-29-28-27(22-6-12-26(13-7-22)41-25-4-2-1-3-5-25)18-38(30(28)35-21-34-29)24-10-8-23(9-11-24)36-16-14-32(19-36)15-17-37(20-32)31(39)40/h1-7,12-13,18,21,23-24H,8-11,14-17,19-20H2,(H,39,40)(H2,33,34,35). The van der Waals surface area contributed by atoms with Gasteiger partial charge < -0.3 is 25.0 Å². The number of ether oxygens (including phenoxy) is 1. The zero-order valence-electron chi connectivity index (χ0n) is 23.2. The number of para-hydroxylation sites is 1. The van der Waals surface area contributed by atoms with Crippen LogP contribution in [0.3, 0.4) is 0 Å². The van der Waals surface area contributed by atoms with Crippen molar-refractivity contribution < 1.29 is 14.6 Å². The highest BCUT2D eigenvalue weighted by Crippen LogP contribution is 2.44. The van der Waals surface area contributed by atoms with E-state index < -0.39 is 6.09 Å². The summed E-state index contributed by atoms with van der Waals surface area (Å²) in [6.07, 6.45) is 9.50. The highest BCUT2D eigenvalue weighted by atomic mass is 16.5. The van der Waals surface area contributed by atoms with Crippen LogP contribution < -0.4 is 10.5 Å². The van der Waals surface area contributed by atoms with Gasteiger partial charge in [-0.15, -0.1) is 0 Å². The Balaban J connectivity index is 1.07. The summed E-state index contributed by atoms with van der Waals surface area (Å²) in [6, 6.07) is 18.8. The second-order valence-electron chi connectivity index (χ2n) is 12.0. The summed E-state index contributed by atoms with van der Waals surface area (Å²) in [5, 5.41) is 10.3. The van der Waals surface area contributed by atoms with Crippen LogP contribution in [0, 0.1) is 5.41 Å². The van der Waals surface area contributed by atoms with Crippen molar-refractivity contribution in [2.45, 2.75) is 50.6 Å². The summed E-state index contributed by atoms with van der Waals surface area (Å²) in [7, 11) is 0. The average Bonchev–Trinajstić information content (AvgIpc) is 3.72. The van der Waals surface area contributed by atoms with Crippen molar-refractivity contribution in [2.75, 3.05) is 31.9 Å². The largest absolute Gasteiger partial charge is 0.465 e. The molecule has 212 valence electrons. The topological polar surface area (TPSA) is 110 Å². The van der Waals surface area contributed by atoms with Crippen molar-refractivity contribution in [3.05, 3.63) is 67.1 Å². The number of anilines is 1. The van der Waals surface area contributed by atoms with Gasteiger partial charge in [-0.25, -0.2) is 14.8 Å². The Bertz CT molecular complexity index is 1550. The van der Waals surface area contributed by atoms with Crippen LogP contribution in [0.4, 0.5) is 10.6 Å². The van der Waals surface area contributed by atoms with Crippen LogP contribution in [0.15, 0.2) is 67.1 Å². The van der Waals surface area contributed by atoms with Crippen molar-refractivity contribution in [3.8, 4) is 22.6 Å². The van der Waals surface area contributed by atoms with Crippen molar-refractivity contribution in [1.82, 2.24) is 24.3 Å². The number of carboxylic acid groups (broad SMARTS) is 1. The van der Waals surface area contributed by atoms with Gasteiger partial charge in [0, 0.05) is 48.9 Å². The van der Waals surface area contributed by atoms with Gasteiger partial charge in [0.25, 0.3) is 0 Å². The molecule has 1 unspecified atom stereocenters. The van der Waals surface area contributed by atoms with Crippen molar-refractivity contribution in [1.29, 1.82) is 0 Å². The Morgan fingerprint density at radius 1 is 0.902 bits per heavy atom. The van der Waals surface area contributed by atoms with Crippen LogP contribution in [0.25, 0.3) is 22.2 Å². The SMILES string of the molecule is Nc1ncnc2c1c(-c1ccc(Oc3ccccc3)cc1)cn2C1CCC(N2CCC3(CCN(C(=O)O)C3)C2)CC1. The summed E-state index contributed by atoms with van der Waals surface area (Å²) in [6.45, 7) is 3.46. The molecule has 4 heterocycles. The molecule has 1 amide bonds. The third kappa shape index (κ3) is 4.88. The second-order valence-corrected chi connectivity index (χ2v) is 12.0. The van der Waals surface area contributed by atoms with Gasteiger partial charge in [-0.3, -0.25) is 4.90 Å². The van der Waals surface area contributed by atoms with E-state index in [2.05, 4.69) is 37.8 Å². The number of rotatable bonds is 5. The van der Waals surface area contributed by atoms with Crippen LogP contribution in [0.5, 0.6) is 11.5 Å². The number of aromatic nitrogens is 3. The molecule has 7 rings (SSSR count). The summed E-state index contributed by atoms with van der Waals surface area (Å²) >= 11 is 0. The number of hydrogen-bond acceptors (Lipinski definition) is 6. The van der Waals surface area contributed by atoms with Gasteiger partial charge in [-0.05, 0) is 74.9 Å². The number of benzene rings is 2. The third-order valence-corrected chi connectivity index (χ3v) is 9.54. The molecule has 4 aromatic rings.